The SMILES string of the molecule is CC=CC(=O)NC(=O)c1cncc([N+](=O)[O-])c1. The summed E-state index contributed by atoms with van der Waals surface area (Å²) in [5.41, 5.74) is -0.354. The van der Waals surface area contributed by atoms with E-state index in [1.165, 1.54) is 12.2 Å². The number of rotatable bonds is 3. The van der Waals surface area contributed by atoms with E-state index in [4.69, 9.17) is 0 Å². The molecule has 88 valence electrons. The molecular formula is C10H9N3O4. The van der Waals surface area contributed by atoms with Gasteiger partial charge < -0.3 is 0 Å². The number of pyridine rings is 1. The monoisotopic (exact) mass is 235 g/mol. The summed E-state index contributed by atoms with van der Waals surface area (Å²) in [5.74, 6) is -1.33. The van der Waals surface area contributed by atoms with Crippen molar-refractivity contribution in [3.8, 4) is 0 Å². The molecule has 0 aliphatic heterocycles. The van der Waals surface area contributed by atoms with E-state index in [9.17, 15) is 19.7 Å². The second kappa shape index (κ2) is 5.50. The first-order chi connectivity index (χ1) is 8.04. The van der Waals surface area contributed by atoms with Crippen molar-refractivity contribution in [2.45, 2.75) is 6.92 Å². The van der Waals surface area contributed by atoms with Crippen molar-refractivity contribution in [2.24, 2.45) is 0 Å². The van der Waals surface area contributed by atoms with Crippen molar-refractivity contribution in [2.75, 3.05) is 0 Å². The molecule has 0 aliphatic rings. The molecule has 7 heteroatoms. The lowest BCUT2D eigenvalue weighted by molar-refractivity contribution is -0.385. The van der Waals surface area contributed by atoms with Gasteiger partial charge in [0.15, 0.2) is 0 Å². The Kier molecular flexibility index (Phi) is 4.04. The molecular weight excluding hydrogens is 226 g/mol. The maximum Gasteiger partial charge on any atom is 0.288 e. The van der Waals surface area contributed by atoms with Gasteiger partial charge in [-0.2, -0.15) is 0 Å². The number of nitrogens with one attached hydrogen (secondary N) is 1. The minimum absolute atomic E-state index is 0.0444. The van der Waals surface area contributed by atoms with E-state index in [0.29, 0.717) is 0 Å². The highest BCUT2D eigenvalue weighted by atomic mass is 16.6. The minimum Gasteiger partial charge on any atom is -0.289 e. The van der Waals surface area contributed by atoms with Crippen LogP contribution in [0.15, 0.2) is 30.6 Å². The molecule has 0 fully saturated rings. The Balaban J connectivity index is 2.86. The van der Waals surface area contributed by atoms with Gasteiger partial charge in [-0.05, 0) is 13.0 Å². The van der Waals surface area contributed by atoms with Gasteiger partial charge in [-0.25, -0.2) is 0 Å². The van der Waals surface area contributed by atoms with Crippen LogP contribution >= 0.6 is 0 Å². The van der Waals surface area contributed by atoms with Gasteiger partial charge >= 0.3 is 0 Å². The molecule has 1 aromatic heterocycles. The third kappa shape index (κ3) is 3.49. The summed E-state index contributed by atoms with van der Waals surface area (Å²) in [6, 6.07) is 1.05. The lowest BCUT2D eigenvalue weighted by Crippen LogP contribution is -2.28. The Morgan fingerprint density at radius 3 is 2.76 bits per heavy atom. The molecule has 1 heterocycles. The van der Waals surface area contributed by atoms with Crippen molar-refractivity contribution in [3.05, 3.63) is 46.3 Å². The average Bonchev–Trinajstić information content (AvgIpc) is 2.29. The van der Waals surface area contributed by atoms with E-state index < -0.39 is 16.7 Å². The van der Waals surface area contributed by atoms with Crippen LogP contribution in [-0.4, -0.2) is 21.7 Å². The summed E-state index contributed by atoms with van der Waals surface area (Å²) in [4.78, 5) is 35.9. The second-order valence-corrected chi connectivity index (χ2v) is 3.01. The number of hydrogen-bond acceptors (Lipinski definition) is 5. The number of hydrogen-bond donors (Lipinski definition) is 1. The third-order valence-corrected chi connectivity index (χ3v) is 1.75. The highest BCUT2D eigenvalue weighted by molar-refractivity contribution is 6.07. The summed E-state index contributed by atoms with van der Waals surface area (Å²) < 4.78 is 0. The van der Waals surface area contributed by atoms with E-state index in [0.717, 1.165) is 18.5 Å². The van der Waals surface area contributed by atoms with E-state index in [1.54, 1.807) is 6.92 Å². The molecule has 0 radical (unpaired) electrons. The highest BCUT2D eigenvalue weighted by Crippen LogP contribution is 2.10. The number of carbonyl (C=O) groups is 2. The van der Waals surface area contributed by atoms with Crippen molar-refractivity contribution in [1.29, 1.82) is 0 Å². The van der Waals surface area contributed by atoms with E-state index >= 15 is 0 Å². The number of aromatic nitrogens is 1. The fourth-order valence-electron chi connectivity index (χ4n) is 1.03. The standard InChI is InChI=1S/C10H9N3O4/c1-2-3-9(14)12-10(15)7-4-8(13(16)17)6-11-5-7/h2-6H,1H3,(H,12,14,15). The van der Waals surface area contributed by atoms with Crippen LogP contribution in [0.25, 0.3) is 0 Å². The van der Waals surface area contributed by atoms with Crippen molar-refractivity contribution in [3.63, 3.8) is 0 Å². The Hall–Kier alpha value is -2.57. The number of allylic oxidation sites excluding steroid dienone is 1. The molecule has 17 heavy (non-hydrogen) atoms. The number of imide groups is 1. The molecule has 1 aromatic rings. The molecule has 0 atom stereocenters. The molecule has 2 amide bonds. The lowest BCUT2D eigenvalue weighted by atomic mass is 10.2. The van der Waals surface area contributed by atoms with Gasteiger partial charge in [0.05, 0.1) is 10.5 Å². The van der Waals surface area contributed by atoms with Crippen LogP contribution < -0.4 is 5.32 Å². The molecule has 0 saturated carbocycles. The van der Waals surface area contributed by atoms with Crippen molar-refractivity contribution >= 4 is 17.5 Å². The first kappa shape index (κ1) is 12.5. The first-order valence-corrected chi connectivity index (χ1v) is 4.62. The van der Waals surface area contributed by atoms with Gasteiger partial charge in [0, 0.05) is 12.3 Å². The zero-order valence-electron chi connectivity index (χ0n) is 8.91. The van der Waals surface area contributed by atoms with Gasteiger partial charge in [0.2, 0.25) is 5.91 Å². The Morgan fingerprint density at radius 2 is 2.18 bits per heavy atom. The smallest absolute Gasteiger partial charge is 0.288 e. The molecule has 0 aliphatic carbocycles. The lowest BCUT2D eigenvalue weighted by Gasteiger charge is -2.00. The molecule has 1 N–H and O–H groups in total. The highest BCUT2D eigenvalue weighted by Gasteiger charge is 2.13. The topological polar surface area (TPSA) is 102 Å². The van der Waals surface area contributed by atoms with Crippen molar-refractivity contribution in [1.82, 2.24) is 10.3 Å². The normalized spacial score (nSPS) is 10.2. The maximum atomic E-state index is 11.5. The van der Waals surface area contributed by atoms with Crippen molar-refractivity contribution < 1.29 is 14.5 Å². The minimum atomic E-state index is -0.732. The molecule has 0 spiro atoms. The third-order valence-electron chi connectivity index (χ3n) is 1.75. The Bertz CT molecular complexity index is 496. The fraction of sp³-hybridized carbons (Fsp3) is 0.100. The summed E-state index contributed by atoms with van der Waals surface area (Å²) in [6.45, 7) is 1.62. The molecule has 1 rings (SSSR count). The van der Waals surface area contributed by atoms with Crippen LogP contribution in [0.3, 0.4) is 0 Å². The van der Waals surface area contributed by atoms with E-state index in [2.05, 4.69) is 4.98 Å². The molecule has 0 aromatic carbocycles. The average molecular weight is 235 g/mol. The maximum absolute atomic E-state index is 11.5. The van der Waals surface area contributed by atoms with Gasteiger partial charge in [0.25, 0.3) is 11.6 Å². The summed E-state index contributed by atoms with van der Waals surface area (Å²) >= 11 is 0. The van der Waals surface area contributed by atoms with Crippen LogP contribution in [0.1, 0.15) is 17.3 Å². The van der Waals surface area contributed by atoms with Crippen LogP contribution in [0, 0.1) is 10.1 Å². The number of nitrogens with zero attached hydrogens (tertiary/aromatic N) is 2. The predicted molar refractivity (Wildman–Crippen MR) is 58.2 cm³/mol. The van der Waals surface area contributed by atoms with Crippen LogP contribution in [0.2, 0.25) is 0 Å². The van der Waals surface area contributed by atoms with Gasteiger partial charge in [-0.1, -0.05) is 6.08 Å². The first-order valence-electron chi connectivity index (χ1n) is 4.62. The number of nitro groups is 1. The number of carbonyl (C=O) groups excluding carboxylic acids is 2. The summed E-state index contributed by atoms with van der Waals surface area (Å²) in [6.07, 6.45) is 4.80. The van der Waals surface area contributed by atoms with Crippen LogP contribution in [0.5, 0.6) is 0 Å². The molecule has 0 bridgehead atoms. The fourth-order valence-corrected chi connectivity index (χ4v) is 1.03. The largest absolute Gasteiger partial charge is 0.289 e. The van der Waals surface area contributed by atoms with E-state index in [1.807, 2.05) is 5.32 Å². The molecule has 0 unspecified atom stereocenters. The summed E-state index contributed by atoms with van der Waals surface area (Å²) in [5, 5.41) is 12.5. The van der Waals surface area contributed by atoms with Gasteiger partial charge in [-0.15, -0.1) is 0 Å². The van der Waals surface area contributed by atoms with Gasteiger partial charge in [-0.3, -0.25) is 30.0 Å². The number of amides is 2. The predicted octanol–water partition coefficient (Wildman–Crippen LogP) is 0.822. The van der Waals surface area contributed by atoms with Crippen LogP contribution in [-0.2, 0) is 4.79 Å². The molecule has 0 saturated heterocycles. The summed E-state index contributed by atoms with van der Waals surface area (Å²) in [7, 11) is 0. The zero-order chi connectivity index (χ0) is 12.8. The second-order valence-electron chi connectivity index (χ2n) is 3.01. The quantitative estimate of drug-likeness (QED) is 0.474. The van der Waals surface area contributed by atoms with Gasteiger partial charge in [0.1, 0.15) is 6.20 Å². The van der Waals surface area contributed by atoms with E-state index in [-0.39, 0.29) is 11.3 Å². The Labute approximate surface area is 96.3 Å². The zero-order valence-corrected chi connectivity index (χ0v) is 8.91. The van der Waals surface area contributed by atoms with Crippen LogP contribution in [0.4, 0.5) is 5.69 Å². The molecule has 7 nitrogen and oxygen atoms in total. The Morgan fingerprint density at radius 1 is 1.47 bits per heavy atom.